The van der Waals surface area contributed by atoms with Crippen LogP contribution in [0.15, 0.2) is 65.7 Å². The maximum absolute atomic E-state index is 13.7. The fourth-order valence-electron chi connectivity index (χ4n) is 4.56. The quantitative estimate of drug-likeness (QED) is 0.483. The Morgan fingerprint density at radius 1 is 1.09 bits per heavy atom. The van der Waals surface area contributed by atoms with Gasteiger partial charge in [-0.1, -0.05) is 25.1 Å². The Hall–Kier alpha value is -3.65. The van der Waals surface area contributed by atoms with E-state index in [0.717, 1.165) is 31.7 Å². The van der Waals surface area contributed by atoms with Gasteiger partial charge in [0.15, 0.2) is 11.5 Å². The second kappa shape index (κ2) is 8.71. The van der Waals surface area contributed by atoms with E-state index < -0.39 is 0 Å². The highest BCUT2D eigenvalue weighted by molar-refractivity contribution is 5.84. The lowest BCUT2D eigenvalue weighted by Gasteiger charge is -2.22. The van der Waals surface area contributed by atoms with Crippen LogP contribution < -0.4 is 16.2 Å². The average molecular weight is 445 g/mol. The van der Waals surface area contributed by atoms with Crippen molar-refractivity contribution in [1.82, 2.24) is 24.0 Å². The molecule has 0 bridgehead atoms. The van der Waals surface area contributed by atoms with Crippen LogP contribution in [0.25, 0.3) is 16.9 Å². The van der Waals surface area contributed by atoms with Crippen LogP contribution in [0.4, 0.5) is 5.82 Å². The summed E-state index contributed by atoms with van der Waals surface area (Å²) >= 11 is 0. The molecule has 1 saturated heterocycles. The lowest BCUT2D eigenvalue weighted by atomic mass is 10.2. The average Bonchev–Trinajstić information content (AvgIpc) is 3.43. The molecule has 0 radical (unpaired) electrons. The number of nitrogens with two attached hydrogens (primary N) is 1. The standard InChI is InChI=1S/C25H28N6O2/c1-3-17(2)29-14-13-19(15-29)31-24-22(23(26)27-16-28-24)30(25(31)32)18-9-11-21(12-10-18)33-20-7-5-4-6-8-20/h4-12,16-17,19H,3,13-15H2,1-2H3,(H2,26,27,28)/t17?,19-/m0/s1. The first-order valence-corrected chi connectivity index (χ1v) is 11.4. The molecule has 3 heterocycles. The van der Waals surface area contributed by atoms with Gasteiger partial charge in [-0.05, 0) is 56.2 Å². The molecule has 1 unspecified atom stereocenters. The first kappa shape index (κ1) is 21.2. The summed E-state index contributed by atoms with van der Waals surface area (Å²) in [6.45, 7) is 6.20. The molecule has 2 aromatic heterocycles. The van der Waals surface area contributed by atoms with E-state index in [4.69, 9.17) is 10.5 Å². The highest BCUT2D eigenvalue weighted by Crippen LogP contribution is 2.29. The molecule has 0 saturated carbocycles. The van der Waals surface area contributed by atoms with Gasteiger partial charge in [-0.25, -0.2) is 14.8 Å². The third kappa shape index (κ3) is 3.87. The maximum Gasteiger partial charge on any atom is 0.335 e. The monoisotopic (exact) mass is 444 g/mol. The molecule has 0 spiro atoms. The van der Waals surface area contributed by atoms with E-state index in [1.165, 1.54) is 6.33 Å². The van der Waals surface area contributed by atoms with Crippen LogP contribution in [-0.2, 0) is 0 Å². The molecule has 1 aliphatic rings. The molecule has 4 aromatic rings. The Morgan fingerprint density at radius 2 is 1.82 bits per heavy atom. The minimum Gasteiger partial charge on any atom is -0.457 e. The van der Waals surface area contributed by atoms with Gasteiger partial charge in [0.25, 0.3) is 0 Å². The van der Waals surface area contributed by atoms with Crippen molar-refractivity contribution >= 4 is 17.0 Å². The molecule has 170 valence electrons. The van der Waals surface area contributed by atoms with E-state index in [9.17, 15) is 4.79 Å². The Labute approximate surface area is 192 Å². The van der Waals surface area contributed by atoms with Crippen LogP contribution in [0.5, 0.6) is 11.5 Å². The molecule has 33 heavy (non-hydrogen) atoms. The van der Waals surface area contributed by atoms with Crippen LogP contribution >= 0.6 is 0 Å². The van der Waals surface area contributed by atoms with Crippen molar-refractivity contribution in [2.75, 3.05) is 18.8 Å². The number of likely N-dealkylation sites (tertiary alicyclic amines) is 1. The highest BCUT2D eigenvalue weighted by atomic mass is 16.5. The molecule has 2 N–H and O–H groups in total. The van der Waals surface area contributed by atoms with Gasteiger partial charge in [0.1, 0.15) is 23.3 Å². The minimum absolute atomic E-state index is 0.0465. The summed E-state index contributed by atoms with van der Waals surface area (Å²) in [7, 11) is 0. The summed E-state index contributed by atoms with van der Waals surface area (Å²) in [6, 6.07) is 17.5. The fraction of sp³-hybridized carbons (Fsp3) is 0.320. The molecule has 0 amide bonds. The smallest absolute Gasteiger partial charge is 0.335 e. The molecule has 8 heteroatoms. The topological polar surface area (TPSA) is 91.2 Å². The zero-order valence-corrected chi connectivity index (χ0v) is 18.9. The Bertz CT molecular complexity index is 1310. The Morgan fingerprint density at radius 3 is 2.55 bits per heavy atom. The second-order valence-corrected chi connectivity index (χ2v) is 8.52. The van der Waals surface area contributed by atoms with E-state index in [-0.39, 0.29) is 17.5 Å². The summed E-state index contributed by atoms with van der Waals surface area (Å²) in [5, 5.41) is 0. The number of hydrogen-bond donors (Lipinski definition) is 1. The summed E-state index contributed by atoms with van der Waals surface area (Å²) in [5.41, 5.74) is 7.91. The van der Waals surface area contributed by atoms with E-state index in [1.54, 1.807) is 9.13 Å². The number of rotatable bonds is 6. The van der Waals surface area contributed by atoms with Crippen molar-refractivity contribution in [3.63, 3.8) is 0 Å². The second-order valence-electron chi connectivity index (χ2n) is 8.52. The van der Waals surface area contributed by atoms with Gasteiger partial charge in [0, 0.05) is 19.1 Å². The van der Waals surface area contributed by atoms with Crippen molar-refractivity contribution in [1.29, 1.82) is 0 Å². The molecule has 1 fully saturated rings. The van der Waals surface area contributed by atoms with Gasteiger partial charge >= 0.3 is 5.69 Å². The molecule has 8 nitrogen and oxygen atoms in total. The summed E-state index contributed by atoms with van der Waals surface area (Å²) in [6.07, 6.45) is 3.41. The maximum atomic E-state index is 13.7. The zero-order chi connectivity index (χ0) is 22.9. The lowest BCUT2D eigenvalue weighted by Crippen LogP contribution is -2.33. The highest BCUT2D eigenvalue weighted by Gasteiger charge is 2.31. The van der Waals surface area contributed by atoms with Crippen molar-refractivity contribution in [2.24, 2.45) is 0 Å². The van der Waals surface area contributed by atoms with Gasteiger partial charge in [-0.3, -0.25) is 14.0 Å². The van der Waals surface area contributed by atoms with Crippen LogP contribution in [0.2, 0.25) is 0 Å². The van der Waals surface area contributed by atoms with Crippen molar-refractivity contribution < 1.29 is 4.74 Å². The summed E-state index contributed by atoms with van der Waals surface area (Å²) < 4.78 is 9.30. The van der Waals surface area contributed by atoms with Crippen LogP contribution in [0, 0.1) is 0 Å². The predicted octanol–water partition coefficient (Wildman–Crippen LogP) is 4.00. The Kier molecular flexibility index (Phi) is 5.60. The van der Waals surface area contributed by atoms with E-state index in [2.05, 4.69) is 28.7 Å². The van der Waals surface area contributed by atoms with Gasteiger partial charge in [-0.15, -0.1) is 0 Å². The molecule has 0 aliphatic carbocycles. The largest absolute Gasteiger partial charge is 0.457 e. The lowest BCUT2D eigenvalue weighted by molar-refractivity contribution is 0.244. The van der Waals surface area contributed by atoms with Gasteiger partial charge in [0.2, 0.25) is 0 Å². The summed E-state index contributed by atoms with van der Waals surface area (Å²) in [5.74, 6) is 1.73. The SMILES string of the molecule is CCC(C)N1CC[C@H](n2c(=O)n(-c3ccc(Oc4ccccc4)cc3)c3c(N)ncnc32)C1. The van der Waals surface area contributed by atoms with Crippen LogP contribution in [0.3, 0.4) is 0 Å². The van der Waals surface area contributed by atoms with Crippen LogP contribution in [0.1, 0.15) is 32.7 Å². The van der Waals surface area contributed by atoms with Crippen molar-refractivity contribution in [3.05, 3.63) is 71.4 Å². The number of imidazole rings is 1. The fourth-order valence-corrected chi connectivity index (χ4v) is 4.56. The van der Waals surface area contributed by atoms with E-state index in [0.29, 0.717) is 28.6 Å². The third-order valence-electron chi connectivity index (χ3n) is 6.53. The molecule has 1 aliphatic heterocycles. The van der Waals surface area contributed by atoms with Gasteiger partial charge < -0.3 is 10.5 Å². The predicted molar refractivity (Wildman–Crippen MR) is 129 cm³/mol. The van der Waals surface area contributed by atoms with E-state index >= 15 is 0 Å². The first-order valence-electron chi connectivity index (χ1n) is 11.4. The number of nitrogen functional groups attached to an aromatic ring is 1. The number of benzene rings is 2. The molecular formula is C25H28N6O2. The molecule has 2 aromatic carbocycles. The number of fused-ring (bicyclic) bond motifs is 1. The number of para-hydroxylation sites is 1. The van der Waals surface area contributed by atoms with E-state index in [1.807, 2.05) is 54.6 Å². The number of nitrogens with zero attached hydrogens (tertiary/aromatic N) is 5. The molecule has 2 atom stereocenters. The minimum atomic E-state index is -0.148. The molecule has 5 rings (SSSR count). The summed E-state index contributed by atoms with van der Waals surface area (Å²) in [4.78, 5) is 24.8. The number of aromatic nitrogens is 4. The first-order chi connectivity index (χ1) is 16.1. The van der Waals surface area contributed by atoms with Gasteiger partial charge in [-0.2, -0.15) is 0 Å². The van der Waals surface area contributed by atoms with Crippen molar-refractivity contribution in [2.45, 2.75) is 38.8 Å². The van der Waals surface area contributed by atoms with Crippen LogP contribution in [-0.4, -0.2) is 43.1 Å². The van der Waals surface area contributed by atoms with Gasteiger partial charge in [0.05, 0.1) is 11.7 Å². The molecular weight excluding hydrogens is 416 g/mol. The Balaban J connectivity index is 1.54. The third-order valence-corrected chi connectivity index (χ3v) is 6.53. The number of hydrogen-bond acceptors (Lipinski definition) is 6. The zero-order valence-electron chi connectivity index (χ0n) is 18.9. The van der Waals surface area contributed by atoms with Crippen molar-refractivity contribution in [3.8, 4) is 17.2 Å². The normalized spacial score (nSPS) is 17.5. The number of ether oxygens (including phenoxy) is 1. The number of anilines is 1.